The molecule has 0 bridgehead atoms. The number of anilines is 1. The largest absolute Gasteiger partial charge is 0.475 e. The van der Waals surface area contributed by atoms with Gasteiger partial charge in [0.25, 0.3) is 0 Å². The molecule has 37 heavy (non-hydrogen) atoms. The number of ether oxygens (including phenoxy) is 2. The van der Waals surface area contributed by atoms with E-state index in [1.807, 2.05) is 20.8 Å². The summed E-state index contributed by atoms with van der Waals surface area (Å²) < 4.78 is 44.4. The van der Waals surface area contributed by atoms with Crippen LogP contribution in [0.15, 0.2) is 42.1 Å². The third-order valence-corrected chi connectivity index (χ3v) is 7.48. The summed E-state index contributed by atoms with van der Waals surface area (Å²) >= 11 is 0. The summed E-state index contributed by atoms with van der Waals surface area (Å²) in [5.74, 6) is 0.249. The second-order valence-corrected chi connectivity index (χ2v) is 11.4. The molecular formula is C23H31N6O7P. The summed E-state index contributed by atoms with van der Waals surface area (Å²) in [5, 5.41) is 3.10. The fourth-order valence-electron chi connectivity index (χ4n) is 4.26. The van der Waals surface area contributed by atoms with E-state index in [1.165, 1.54) is 20.5 Å². The van der Waals surface area contributed by atoms with Gasteiger partial charge in [-0.2, -0.15) is 0 Å². The quantitative estimate of drug-likeness (QED) is 0.284. The minimum absolute atomic E-state index is 0.162. The van der Waals surface area contributed by atoms with E-state index in [1.54, 1.807) is 35.2 Å². The molecule has 2 aromatic heterocycles. The van der Waals surface area contributed by atoms with Crippen molar-refractivity contribution in [3.8, 4) is 0 Å². The number of aromatic nitrogens is 4. The van der Waals surface area contributed by atoms with E-state index >= 15 is 0 Å². The summed E-state index contributed by atoms with van der Waals surface area (Å²) in [5.41, 5.74) is 6.92. The van der Waals surface area contributed by atoms with Gasteiger partial charge in [-0.3, -0.25) is 18.1 Å². The highest BCUT2D eigenvalue weighted by molar-refractivity contribution is 7.48. The molecule has 5 atom stereocenters. The maximum absolute atomic E-state index is 13.8. The number of rotatable bonds is 10. The lowest BCUT2D eigenvalue weighted by Crippen LogP contribution is -2.29. The van der Waals surface area contributed by atoms with E-state index in [2.05, 4.69) is 20.1 Å². The van der Waals surface area contributed by atoms with Crippen molar-refractivity contribution in [1.82, 2.24) is 19.5 Å². The van der Waals surface area contributed by atoms with Crippen molar-refractivity contribution in [1.29, 1.82) is 0 Å². The first-order valence-corrected chi connectivity index (χ1v) is 13.1. The Morgan fingerprint density at radius 3 is 2.68 bits per heavy atom. The van der Waals surface area contributed by atoms with Crippen molar-refractivity contribution in [2.75, 3.05) is 26.6 Å². The Morgan fingerprint density at radius 2 is 2.00 bits per heavy atom. The van der Waals surface area contributed by atoms with E-state index in [0.29, 0.717) is 16.7 Å². The Hall–Kier alpha value is -2.80. The predicted molar refractivity (Wildman–Crippen MR) is 135 cm³/mol. The third-order valence-electron chi connectivity index (χ3n) is 6.04. The first-order chi connectivity index (χ1) is 17.6. The Balaban J connectivity index is 1.61. The molecule has 1 aliphatic heterocycles. The molecule has 1 aliphatic rings. The summed E-state index contributed by atoms with van der Waals surface area (Å²) in [6.45, 7) is 5.83. The van der Waals surface area contributed by atoms with Crippen LogP contribution in [0.2, 0.25) is 0 Å². The maximum Gasteiger partial charge on any atom is 0.475 e. The maximum atomic E-state index is 13.8. The van der Waals surface area contributed by atoms with E-state index in [-0.39, 0.29) is 24.5 Å². The van der Waals surface area contributed by atoms with Gasteiger partial charge in [0.15, 0.2) is 11.5 Å². The molecule has 2 N–H and O–H groups in total. The van der Waals surface area contributed by atoms with Gasteiger partial charge in [0.1, 0.15) is 42.1 Å². The number of imidazole rings is 1. The SMILES string of the molecule is COCC1O[C@@H](n2cnc3c(N)ncnc32)CC1OP(=O)(OC)OC(c1ccccc1N=O)C(C)(C)C. The normalized spacial score (nSPS) is 22.7. The molecule has 1 aromatic carbocycles. The molecule has 0 amide bonds. The highest BCUT2D eigenvalue weighted by atomic mass is 31.2. The number of nitrogens with two attached hydrogens (primary N) is 1. The van der Waals surface area contributed by atoms with Gasteiger partial charge in [-0.1, -0.05) is 39.0 Å². The van der Waals surface area contributed by atoms with Gasteiger partial charge >= 0.3 is 7.82 Å². The van der Waals surface area contributed by atoms with Gasteiger partial charge < -0.3 is 15.2 Å². The van der Waals surface area contributed by atoms with Gasteiger partial charge in [0, 0.05) is 26.2 Å². The Bertz CT molecular complexity index is 1300. The van der Waals surface area contributed by atoms with Crippen molar-refractivity contribution in [2.45, 2.75) is 51.7 Å². The molecule has 4 unspecified atom stereocenters. The van der Waals surface area contributed by atoms with Crippen molar-refractivity contribution in [3.05, 3.63) is 47.4 Å². The lowest BCUT2D eigenvalue weighted by molar-refractivity contribution is -0.0571. The molecule has 3 aromatic rings. The molecule has 0 spiro atoms. The number of nitrogens with zero attached hydrogens (tertiary/aromatic N) is 5. The fraction of sp³-hybridized carbons (Fsp3) is 0.522. The molecule has 3 heterocycles. The third kappa shape index (κ3) is 5.71. The van der Waals surface area contributed by atoms with Crippen LogP contribution in [-0.2, 0) is 27.6 Å². The minimum atomic E-state index is -4.17. The van der Waals surface area contributed by atoms with Crippen molar-refractivity contribution >= 4 is 30.5 Å². The van der Waals surface area contributed by atoms with Crippen LogP contribution in [0, 0.1) is 10.3 Å². The van der Waals surface area contributed by atoms with E-state index in [4.69, 9.17) is 28.8 Å². The standard InChI is InChI=1S/C23H31N6O7P/c1-23(2,3)20(14-8-6-7-9-15(14)28-30)36-37(31,33-5)35-16-10-18(34-17(16)11-32-4)29-13-27-19-21(24)25-12-26-22(19)29/h6-9,12-13,16-18,20H,10-11H2,1-5H3,(H2,24,25,26)/t16?,17?,18-,20?,37?/m1/s1. The molecule has 1 fully saturated rings. The summed E-state index contributed by atoms with van der Waals surface area (Å²) in [6.07, 6.45) is 0.446. The molecular weight excluding hydrogens is 503 g/mol. The molecule has 14 heteroatoms. The summed E-state index contributed by atoms with van der Waals surface area (Å²) in [7, 11) is -1.40. The number of phosphoric ester groups is 1. The van der Waals surface area contributed by atoms with E-state index in [9.17, 15) is 9.47 Å². The second kappa shape index (κ2) is 10.9. The fourth-order valence-corrected chi connectivity index (χ4v) is 5.72. The van der Waals surface area contributed by atoms with Crippen LogP contribution in [0.4, 0.5) is 11.5 Å². The average molecular weight is 535 g/mol. The molecule has 0 saturated carbocycles. The Labute approximate surface area is 214 Å². The topological polar surface area (TPSA) is 162 Å². The molecule has 13 nitrogen and oxygen atoms in total. The highest BCUT2D eigenvalue weighted by Crippen LogP contribution is 2.59. The van der Waals surface area contributed by atoms with Gasteiger partial charge in [0.2, 0.25) is 0 Å². The second-order valence-electron chi connectivity index (χ2n) is 9.68. The van der Waals surface area contributed by atoms with Crippen molar-refractivity contribution < 1.29 is 27.6 Å². The zero-order valence-corrected chi connectivity index (χ0v) is 22.2. The molecule has 1 saturated heterocycles. The number of phosphoric acid groups is 1. The summed E-state index contributed by atoms with van der Waals surface area (Å²) in [6, 6.07) is 6.71. The number of nitroso groups, excluding NO2 is 1. The van der Waals surface area contributed by atoms with Gasteiger partial charge in [-0.05, 0) is 16.7 Å². The van der Waals surface area contributed by atoms with Crippen molar-refractivity contribution in [2.24, 2.45) is 10.6 Å². The predicted octanol–water partition coefficient (Wildman–Crippen LogP) is 4.68. The molecule has 200 valence electrons. The first-order valence-electron chi connectivity index (χ1n) is 11.6. The summed E-state index contributed by atoms with van der Waals surface area (Å²) in [4.78, 5) is 24.0. The number of hydrogen-bond acceptors (Lipinski definition) is 12. The van der Waals surface area contributed by atoms with Crippen LogP contribution in [-0.4, -0.2) is 52.6 Å². The smallest absolute Gasteiger partial charge is 0.382 e. The molecule has 0 aliphatic carbocycles. The zero-order chi connectivity index (χ0) is 26.8. The lowest BCUT2D eigenvalue weighted by Gasteiger charge is -2.34. The van der Waals surface area contributed by atoms with Crippen LogP contribution in [0.5, 0.6) is 0 Å². The first kappa shape index (κ1) is 27.2. The molecule has 0 radical (unpaired) electrons. The van der Waals surface area contributed by atoms with Crippen LogP contribution in [0.3, 0.4) is 0 Å². The average Bonchev–Trinajstić information content (AvgIpc) is 3.47. The molecule has 4 rings (SSSR count). The Morgan fingerprint density at radius 1 is 1.24 bits per heavy atom. The van der Waals surface area contributed by atoms with Crippen LogP contribution in [0.1, 0.15) is 45.1 Å². The van der Waals surface area contributed by atoms with E-state index in [0.717, 1.165) is 0 Å². The number of fused-ring (bicyclic) bond motifs is 1. The van der Waals surface area contributed by atoms with E-state index < -0.39 is 37.8 Å². The number of hydrogen-bond donors (Lipinski definition) is 1. The zero-order valence-electron chi connectivity index (χ0n) is 21.3. The monoisotopic (exact) mass is 534 g/mol. The van der Waals surface area contributed by atoms with Gasteiger partial charge in [0.05, 0.1) is 12.9 Å². The highest BCUT2D eigenvalue weighted by Gasteiger charge is 2.45. The van der Waals surface area contributed by atoms with Crippen LogP contribution >= 0.6 is 7.82 Å². The van der Waals surface area contributed by atoms with Crippen LogP contribution in [0.25, 0.3) is 11.2 Å². The van der Waals surface area contributed by atoms with Gasteiger partial charge in [-0.25, -0.2) is 19.5 Å². The number of nitrogen functional groups attached to an aromatic ring is 1. The number of methoxy groups -OCH3 is 1. The van der Waals surface area contributed by atoms with Crippen molar-refractivity contribution in [3.63, 3.8) is 0 Å². The number of benzene rings is 1. The Kier molecular flexibility index (Phi) is 8.02. The van der Waals surface area contributed by atoms with Crippen LogP contribution < -0.4 is 5.73 Å². The minimum Gasteiger partial charge on any atom is -0.382 e. The lowest BCUT2D eigenvalue weighted by atomic mass is 9.84. The van der Waals surface area contributed by atoms with Gasteiger partial charge in [-0.15, -0.1) is 4.91 Å².